The van der Waals surface area contributed by atoms with Crippen LogP contribution in [0.4, 0.5) is 17.3 Å². The summed E-state index contributed by atoms with van der Waals surface area (Å²) in [7, 11) is 0. The molecule has 5 nitrogen and oxygen atoms in total. The van der Waals surface area contributed by atoms with Crippen LogP contribution in [0.2, 0.25) is 0 Å². The number of aromatic nitrogens is 2. The molecule has 1 heterocycles. The third kappa shape index (κ3) is 3.68. The molecule has 2 N–H and O–H groups in total. The molecule has 0 fully saturated rings. The van der Waals surface area contributed by atoms with E-state index in [0.29, 0.717) is 17.1 Å². The van der Waals surface area contributed by atoms with E-state index >= 15 is 0 Å². The Kier molecular flexibility index (Phi) is 4.91. The summed E-state index contributed by atoms with van der Waals surface area (Å²) < 4.78 is 0.900. The summed E-state index contributed by atoms with van der Waals surface area (Å²) in [4.78, 5) is 8.30. The highest BCUT2D eigenvalue weighted by atomic mass is 79.9. The van der Waals surface area contributed by atoms with Gasteiger partial charge in [-0.05, 0) is 24.6 Å². The number of benzene rings is 1. The molecule has 102 valence electrons. The van der Waals surface area contributed by atoms with Crippen molar-refractivity contribution in [1.29, 1.82) is 5.26 Å². The Bertz CT molecular complexity index is 636. The first kappa shape index (κ1) is 14.3. The van der Waals surface area contributed by atoms with Crippen LogP contribution >= 0.6 is 15.9 Å². The molecule has 0 spiro atoms. The third-order valence-electron chi connectivity index (χ3n) is 2.59. The smallest absolute Gasteiger partial charge is 0.135 e. The fourth-order valence-electron chi connectivity index (χ4n) is 1.63. The summed E-state index contributed by atoms with van der Waals surface area (Å²) in [6, 6.07) is 9.40. The molecule has 6 heteroatoms. The number of halogens is 1. The zero-order valence-corrected chi connectivity index (χ0v) is 12.6. The zero-order valence-electron chi connectivity index (χ0n) is 11.0. The summed E-state index contributed by atoms with van der Waals surface area (Å²) in [6.45, 7) is 2.95. The van der Waals surface area contributed by atoms with Crippen LogP contribution in [-0.2, 0) is 0 Å². The maximum Gasteiger partial charge on any atom is 0.135 e. The van der Waals surface area contributed by atoms with Gasteiger partial charge in [0.15, 0.2) is 0 Å². The average molecular weight is 332 g/mol. The van der Waals surface area contributed by atoms with E-state index in [2.05, 4.69) is 49.5 Å². The molecule has 0 aliphatic rings. The maximum absolute atomic E-state index is 9.11. The van der Waals surface area contributed by atoms with Crippen LogP contribution in [0.1, 0.15) is 18.9 Å². The molecule has 2 rings (SSSR count). The van der Waals surface area contributed by atoms with Crippen molar-refractivity contribution >= 4 is 33.3 Å². The van der Waals surface area contributed by atoms with E-state index in [0.717, 1.165) is 23.3 Å². The zero-order chi connectivity index (χ0) is 14.4. The summed E-state index contributed by atoms with van der Waals surface area (Å²) >= 11 is 3.39. The molecule has 0 saturated carbocycles. The quantitative estimate of drug-likeness (QED) is 0.874. The molecule has 1 aromatic heterocycles. The number of rotatable bonds is 5. The normalized spacial score (nSPS) is 9.85. The van der Waals surface area contributed by atoms with Crippen LogP contribution in [0.25, 0.3) is 0 Å². The molecule has 0 bridgehead atoms. The van der Waals surface area contributed by atoms with Crippen LogP contribution in [0, 0.1) is 11.3 Å². The molecule has 0 aliphatic heterocycles. The van der Waals surface area contributed by atoms with Gasteiger partial charge in [0.2, 0.25) is 0 Å². The number of hydrogen-bond acceptors (Lipinski definition) is 5. The Hall–Kier alpha value is -2.13. The summed E-state index contributed by atoms with van der Waals surface area (Å²) in [5.74, 6) is 1.41. The highest BCUT2D eigenvalue weighted by molar-refractivity contribution is 9.10. The van der Waals surface area contributed by atoms with Gasteiger partial charge >= 0.3 is 0 Å². The molecule has 0 saturated heterocycles. The molecule has 0 atom stereocenters. The van der Waals surface area contributed by atoms with E-state index in [1.807, 2.05) is 18.2 Å². The van der Waals surface area contributed by atoms with Gasteiger partial charge in [-0.25, -0.2) is 9.97 Å². The Labute approximate surface area is 126 Å². The number of nitrogens with one attached hydrogen (secondary N) is 2. The van der Waals surface area contributed by atoms with Gasteiger partial charge in [0.05, 0.1) is 11.3 Å². The monoisotopic (exact) mass is 331 g/mol. The Morgan fingerprint density at radius 2 is 2.05 bits per heavy atom. The maximum atomic E-state index is 9.11. The van der Waals surface area contributed by atoms with Crippen molar-refractivity contribution in [3.05, 3.63) is 40.6 Å². The van der Waals surface area contributed by atoms with E-state index in [1.54, 1.807) is 6.07 Å². The van der Waals surface area contributed by atoms with Crippen LogP contribution in [-0.4, -0.2) is 16.5 Å². The van der Waals surface area contributed by atoms with Crippen molar-refractivity contribution in [2.24, 2.45) is 0 Å². The largest absolute Gasteiger partial charge is 0.370 e. The van der Waals surface area contributed by atoms with E-state index in [-0.39, 0.29) is 0 Å². The van der Waals surface area contributed by atoms with Crippen LogP contribution in [0.5, 0.6) is 0 Å². The van der Waals surface area contributed by atoms with Gasteiger partial charge in [0, 0.05) is 17.1 Å². The van der Waals surface area contributed by atoms with Gasteiger partial charge in [-0.1, -0.05) is 22.9 Å². The SMILES string of the molecule is CCCNc1cc(Nc2cc(Br)ccc2C#N)ncn1. The first-order valence-corrected chi connectivity index (χ1v) is 7.05. The van der Waals surface area contributed by atoms with Gasteiger partial charge in [-0.3, -0.25) is 0 Å². The van der Waals surface area contributed by atoms with Crippen molar-refractivity contribution in [1.82, 2.24) is 9.97 Å². The van der Waals surface area contributed by atoms with E-state index in [1.165, 1.54) is 6.33 Å². The Balaban J connectivity index is 2.22. The molecule has 20 heavy (non-hydrogen) atoms. The highest BCUT2D eigenvalue weighted by Gasteiger charge is 2.05. The number of hydrogen-bond donors (Lipinski definition) is 2. The van der Waals surface area contributed by atoms with Gasteiger partial charge in [0.1, 0.15) is 24.0 Å². The lowest BCUT2D eigenvalue weighted by Crippen LogP contribution is -2.03. The lowest BCUT2D eigenvalue weighted by Gasteiger charge is -2.09. The molecular formula is C14H14BrN5. The van der Waals surface area contributed by atoms with Crippen LogP contribution in [0.3, 0.4) is 0 Å². The predicted octanol–water partition coefficient (Wildman–Crippen LogP) is 3.68. The molecular weight excluding hydrogens is 318 g/mol. The lowest BCUT2D eigenvalue weighted by atomic mass is 10.2. The fraction of sp³-hybridized carbons (Fsp3) is 0.214. The van der Waals surface area contributed by atoms with Gasteiger partial charge in [-0.2, -0.15) is 5.26 Å². The first-order valence-electron chi connectivity index (χ1n) is 6.25. The van der Waals surface area contributed by atoms with Crippen molar-refractivity contribution in [3.63, 3.8) is 0 Å². The second kappa shape index (κ2) is 6.87. The van der Waals surface area contributed by atoms with Crippen molar-refractivity contribution in [3.8, 4) is 6.07 Å². The summed E-state index contributed by atoms with van der Waals surface area (Å²) in [5.41, 5.74) is 1.27. The fourth-order valence-corrected chi connectivity index (χ4v) is 1.99. The Morgan fingerprint density at radius 3 is 2.80 bits per heavy atom. The average Bonchev–Trinajstić information content (AvgIpc) is 2.46. The molecule has 0 amide bonds. The van der Waals surface area contributed by atoms with E-state index < -0.39 is 0 Å². The van der Waals surface area contributed by atoms with Crippen LogP contribution < -0.4 is 10.6 Å². The van der Waals surface area contributed by atoms with Crippen molar-refractivity contribution in [2.75, 3.05) is 17.2 Å². The van der Waals surface area contributed by atoms with Crippen LogP contribution in [0.15, 0.2) is 35.1 Å². The number of nitrogens with zero attached hydrogens (tertiary/aromatic N) is 3. The minimum atomic E-state index is 0.565. The predicted molar refractivity (Wildman–Crippen MR) is 83.0 cm³/mol. The second-order valence-electron chi connectivity index (χ2n) is 4.14. The lowest BCUT2D eigenvalue weighted by molar-refractivity contribution is 0.965. The minimum Gasteiger partial charge on any atom is -0.370 e. The van der Waals surface area contributed by atoms with Gasteiger partial charge < -0.3 is 10.6 Å². The number of anilines is 3. The Morgan fingerprint density at radius 1 is 1.25 bits per heavy atom. The minimum absolute atomic E-state index is 0.565. The molecule has 2 aromatic rings. The highest BCUT2D eigenvalue weighted by Crippen LogP contribution is 2.24. The van der Waals surface area contributed by atoms with E-state index in [4.69, 9.17) is 5.26 Å². The van der Waals surface area contributed by atoms with Gasteiger partial charge in [-0.15, -0.1) is 0 Å². The summed E-state index contributed by atoms with van der Waals surface area (Å²) in [5, 5.41) is 15.4. The standard InChI is InChI=1S/C14H14BrN5/c1-2-5-17-13-7-14(19-9-18-13)20-12-6-11(15)4-3-10(12)8-16/h3-4,6-7,9H,2,5H2,1H3,(H2,17,18,19,20). The number of nitriles is 1. The summed E-state index contributed by atoms with van der Waals surface area (Å²) in [6.07, 6.45) is 2.52. The molecule has 0 radical (unpaired) electrons. The van der Waals surface area contributed by atoms with Crippen molar-refractivity contribution < 1.29 is 0 Å². The third-order valence-corrected chi connectivity index (χ3v) is 3.08. The second-order valence-corrected chi connectivity index (χ2v) is 5.06. The first-order chi connectivity index (χ1) is 9.72. The van der Waals surface area contributed by atoms with Crippen molar-refractivity contribution in [2.45, 2.75) is 13.3 Å². The molecule has 0 unspecified atom stereocenters. The van der Waals surface area contributed by atoms with E-state index in [9.17, 15) is 0 Å². The molecule has 1 aromatic carbocycles. The topological polar surface area (TPSA) is 73.6 Å². The van der Waals surface area contributed by atoms with Gasteiger partial charge in [0.25, 0.3) is 0 Å². The molecule has 0 aliphatic carbocycles.